The van der Waals surface area contributed by atoms with Crippen molar-refractivity contribution in [2.45, 2.75) is 11.7 Å². The molecule has 0 aromatic heterocycles. The second-order valence-corrected chi connectivity index (χ2v) is 5.06. The van der Waals surface area contributed by atoms with Crippen molar-refractivity contribution in [2.75, 3.05) is 5.88 Å². The van der Waals surface area contributed by atoms with Crippen LogP contribution in [0.25, 0.3) is 0 Å². The van der Waals surface area contributed by atoms with E-state index in [1.165, 1.54) is 0 Å². The molecule has 0 bridgehead atoms. The van der Waals surface area contributed by atoms with Crippen LogP contribution in [0.5, 0.6) is 5.75 Å². The molecule has 1 aliphatic rings. The fourth-order valence-electron chi connectivity index (χ4n) is 1.80. The monoisotopic (exact) mass is 257 g/mol. The third-order valence-corrected chi connectivity index (χ3v) is 3.82. The summed E-state index contributed by atoms with van der Waals surface area (Å²) in [6.07, 6.45) is 11.2. The zero-order valence-corrected chi connectivity index (χ0v) is 10.4. The van der Waals surface area contributed by atoms with Gasteiger partial charge < -0.3 is 10.4 Å². The molecule has 4 heteroatoms. The Morgan fingerprint density at radius 3 is 2.44 bits per heavy atom. The number of phenols is 1. The van der Waals surface area contributed by atoms with Gasteiger partial charge in [-0.1, -0.05) is 11.8 Å². The van der Waals surface area contributed by atoms with E-state index < -0.39 is 0 Å². The highest BCUT2D eigenvalue weighted by Gasteiger charge is 2.25. The lowest BCUT2D eigenvalue weighted by molar-refractivity contribution is -0.119. The fourth-order valence-corrected chi connectivity index (χ4v) is 2.77. The minimum absolute atomic E-state index is 0.0255. The molecule has 0 radical (unpaired) electrons. The number of aromatic hydroxyl groups is 1. The Morgan fingerprint density at radius 1 is 1.39 bits per heavy atom. The number of carbonyl (C=O) groups is 1. The molecule has 2 N–H and O–H groups in total. The molecule has 90 valence electrons. The van der Waals surface area contributed by atoms with Gasteiger partial charge in [0, 0.05) is 0 Å². The Labute approximate surface area is 110 Å². The standard InChI is InChI=1S/C14H11NO2S/c1-3-10-5-9(6-11(4-2)13(10)16)7-12-14(17)15-8-18-12/h1-2,5-6,12,16H,7-8H2,(H,15,17). The van der Waals surface area contributed by atoms with Crippen molar-refractivity contribution >= 4 is 17.7 Å². The molecule has 1 unspecified atom stereocenters. The number of thioether (sulfide) groups is 1. The number of nitrogens with one attached hydrogen (secondary N) is 1. The SMILES string of the molecule is C#Cc1cc(CC2SCNC2=O)cc(C#C)c1O. The van der Waals surface area contributed by atoms with Gasteiger partial charge in [0.25, 0.3) is 0 Å². The first kappa shape index (κ1) is 12.4. The molecule has 1 atom stereocenters. The largest absolute Gasteiger partial charge is 0.505 e. The predicted molar refractivity (Wildman–Crippen MR) is 72.1 cm³/mol. The minimum Gasteiger partial charge on any atom is -0.505 e. The number of rotatable bonds is 2. The van der Waals surface area contributed by atoms with Crippen LogP contribution < -0.4 is 5.32 Å². The number of hydrogen-bond donors (Lipinski definition) is 2. The van der Waals surface area contributed by atoms with Crippen LogP contribution in [0.2, 0.25) is 0 Å². The normalized spacial score (nSPS) is 17.9. The second kappa shape index (κ2) is 5.08. The lowest BCUT2D eigenvalue weighted by Crippen LogP contribution is -2.24. The Bertz CT molecular complexity index is 545. The van der Waals surface area contributed by atoms with Gasteiger partial charge in [0.05, 0.1) is 22.3 Å². The Balaban J connectivity index is 2.32. The summed E-state index contributed by atoms with van der Waals surface area (Å²) >= 11 is 1.55. The van der Waals surface area contributed by atoms with E-state index in [0.717, 1.165) is 5.56 Å². The van der Waals surface area contributed by atoms with Crippen molar-refractivity contribution in [1.29, 1.82) is 0 Å². The van der Waals surface area contributed by atoms with Gasteiger partial charge in [0.15, 0.2) is 0 Å². The van der Waals surface area contributed by atoms with Gasteiger partial charge in [0.2, 0.25) is 5.91 Å². The summed E-state index contributed by atoms with van der Waals surface area (Å²) in [5.41, 5.74) is 1.59. The van der Waals surface area contributed by atoms with E-state index in [0.29, 0.717) is 23.4 Å². The van der Waals surface area contributed by atoms with Crippen molar-refractivity contribution < 1.29 is 9.90 Å². The van der Waals surface area contributed by atoms with Crippen LogP contribution in [-0.4, -0.2) is 22.1 Å². The van der Waals surface area contributed by atoms with Gasteiger partial charge in [-0.05, 0) is 24.1 Å². The van der Waals surface area contributed by atoms with Gasteiger partial charge in [-0.3, -0.25) is 4.79 Å². The molecule has 0 spiro atoms. The summed E-state index contributed by atoms with van der Waals surface area (Å²) < 4.78 is 0. The lowest BCUT2D eigenvalue weighted by Gasteiger charge is -2.09. The van der Waals surface area contributed by atoms with Crippen molar-refractivity contribution in [2.24, 2.45) is 0 Å². The number of carbonyl (C=O) groups excluding carboxylic acids is 1. The van der Waals surface area contributed by atoms with Crippen molar-refractivity contribution in [1.82, 2.24) is 5.32 Å². The predicted octanol–water partition coefficient (Wildman–Crippen LogP) is 1.09. The quantitative estimate of drug-likeness (QED) is 0.780. The maximum Gasteiger partial charge on any atom is 0.234 e. The summed E-state index contributed by atoms with van der Waals surface area (Å²) in [7, 11) is 0. The van der Waals surface area contributed by atoms with Crippen LogP contribution in [0.3, 0.4) is 0 Å². The zero-order chi connectivity index (χ0) is 13.1. The first-order chi connectivity index (χ1) is 8.65. The van der Waals surface area contributed by atoms with Crippen LogP contribution in [0.1, 0.15) is 16.7 Å². The number of benzene rings is 1. The summed E-state index contributed by atoms with van der Waals surface area (Å²) in [5.74, 6) is 5.39. The molecule has 1 aromatic rings. The molecular weight excluding hydrogens is 246 g/mol. The second-order valence-electron chi connectivity index (χ2n) is 3.87. The first-order valence-corrected chi connectivity index (χ1v) is 6.39. The summed E-state index contributed by atoms with van der Waals surface area (Å²) in [4.78, 5) is 11.5. The van der Waals surface area contributed by atoms with E-state index in [9.17, 15) is 9.90 Å². The molecule has 2 rings (SSSR count). The van der Waals surface area contributed by atoms with Gasteiger partial charge in [-0.15, -0.1) is 24.6 Å². The van der Waals surface area contributed by atoms with Crippen LogP contribution >= 0.6 is 11.8 Å². The molecule has 1 heterocycles. The maximum atomic E-state index is 11.5. The highest BCUT2D eigenvalue weighted by molar-refractivity contribution is 8.01. The zero-order valence-electron chi connectivity index (χ0n) is 9.56. The molecule has 1 amide bonds. The molecule has 18 heavy (non-hydrogen) atoms. The van der Waals surface area contributed by atoms with Crippen molar-refractivity contribution in [3.8, 4) is 30.4 Å². The Morgan fingerprint density at radius 2 is 2.00 bits per heavy atom. The van der Waals surface area contributed by atoms with Crippen molar-refractivity contribution in [3.05, 3.63) is 28.8 Å². The number of amides is 1. The molecule has 1 aromatic carbocycles. The number of phenolic OH excluding ortho intramolecular Hbond substituents is 1. The first-order valence-electron chi connectivity index (χ1n) is 5.34. The van der Waals surface area contributed by atoms with E-state index in [1.54, 1.807) is 23.9 Å². The molecule has 1 fully saturated rings. The fraction of sp³-hybridized carbons (Fsp3) is 0.214. The Kier molecular flexibility index (Phi) is 3.50. The van der Waals surface area contributed by atoms with Gasteiger partial charge in [-0.25, -0.2) is 0 Å². The van der Waals surface area contributed by atoms with Crippen LogP contribution in [0.4, 0.5) is 0 Å². The van der Waals surface area contributed by atoms with Crippen LogP contribution in [0.15, 0.2) is 12.1 Å². The smallest absolute Gasteiger partial charge is 0.234 e. The summed E-state index contributed by atoms with van der Waals surface area (Å²) in [5, 5.41) is 12.4. The maximum absolute atomic E-state index is 11.5. The molecule has 3 nitrogen and oxygen atoms in total. The average Bonchev–Trinajstić information content (AvgIpc) is 2.77. The molecule has 0 aliphatic carbocycles. The van der Waals surface area contributed by atoms with E-state index in [1.807, 2.05) is 0 Å². The van der Waals surface area contributed by atoms with E-state index in [2.05, 4.69) is 17.2 Å². The van der Waals surface area contributed by atoms with Crippen molar-refractivity contribution in [3.63, 3.8) is 0 Å². The molecule has 1 saturated heterocycles. The minimum atomic E-state index is -0.120. The van der Waals surface area contributed by atoms with E-state index in [-0.39, 0.29) is 16.9 Å². The molecule has 0 saturated carbocycles. The number of terminal acetylenes is 2. The average molecular weight is 257 g/mol. The van der Waals surface area contributed by atoms with E-state index >= 15 is 0 Å². The molecular formula is C14H11NO2S. The highest BCUT2D eigenvalue weighted by atomic mass is 32.2. The van der Waals surface area contributed by atoms with E-state index in [4.69, 9.17) is 12.8 Å². The highest BCUT2D eigenvalue weighted by Crippen LogP contribution is 2.27. The topological polar surface area (TPSA) is 49.3 Å². The third-order valence-electron chi connectivity index (χ3n) is 2.73. The summed E-state index contributed by atoms with van der Waals surface area (Å²) in [6.45, 7) is 0. The number of hydrogen-bond acceptors (Lipinski definition) is 3. The Hall–Kier alpha value is -2.04. The van der Waals surface area contributed by atoms with Gasteiger partial charge in [-0.2, -0.15) is 0 Å². The van der Waals surface area contributed by atoms with Crippen LogP contribution in [-0.2, 0) is 11.2 Å². The summed E-state index contributed by atoms with van der Waals surface area (Å²) in [6, 6.07) is 3.39. The lowest BCUT2D eigenvalue weighted by atomic mass is 10.0. The molecule has 1 aliphatic heterocycles. The van der Waals surface area contributed by atoms with Gasteiger partial charge in [0.1, 0.15) is 5.75 Å². The third kappa shape index (κ3) is 2.30. The van der Waals surface area contributed by atoms with Gasteiger partial charge >= 0.3 is 0 Å². The van der Waals surface area contributed by atoms with Crippen LogP contribution in [0, 0.1) is 24.7 Å².